The fourth-order valence-electron chi connectivity index (χ4n) is 1.55. The van der Waals surface area contributed by atoms with Crippen LogP contribution in [0.15, 0.2) is 0 Å². The van der Waals surface area contributed by atoms with Gasteiger partial charge in [0, 0.05) is 0 Å². The minimum Gasteiger partial charge on any atom is -0.369 e. The molecule has 1 radical (unpaired) electrons. The van der Waals surface area contributed by atoms with Crippen LogP contribution in [0.4, 0.5) is 0 Å². The molecule has 65 valence electrons. The summed E-state index contributed by atoms with van der Waals surface area (Å²) >= 11 is 0. The van der Waals surface area contributed by atoms with Crippen LogP contribution in [-0.4, -0.2) is 6.10 Å². The Morgan fingerprint density at radius 1 is 1.27 bits per heavy atom. The van der Waals surface area contributed by atoms with Crippen LogP contribution in [0.3, 0.4) is 0 Å². The quantitative estimate of drug-likeness (QED) is 0.607. The maximum absolute atomic E-state index is 5.76. The summed E-state index contributed by atoms with van der Waals surface area (Å²) in [5, 5.41) is 0. The Morgan fingerprint density at radius 3 is 2.45 bits per heavy atom. The molecule has 1 saturated carbocycles. The van der Waals surface area contributed by atoms with E-state index in [1.807, 2.05) is 0 Å². The van der Waals surface area contributed by atoms with Crippen molar-refractivity contribution in [2.75, 3.05) is 0 Å². The van der Waals surface area contributed by atoms with Crippen molar-refractivity contribution < 1.29 is 4.74 Å². The molecule has 1 aliphatic rings. The lowest BCUT2D eigenvalue weighted by Crippen LogP contribution is -2.18. The molecule has 1 heteroatoms. The maximum atomic E-state index is 5.76. The van der Waals surface area contributed by atoms with Crippen molar-refractivity contribution in [1.29, 1.82) is 0 Å². The second-order valence-corrected chi connectivity index (χ2v) is 3.43. The van der Waals surface area contributed by atoms with Gasteiger partial charge in [0.1, 0.15) is 0 Å². The number of hydrogen-bond donors (Lipinski definition) is 0. The minimum atomic E-state index is 0.545. The summed E-state index contributed by atoms with van der Waals surface area (Å²) in [6.07, 6.45) is 9.50. The monoisotopic (exact) mass is 155 g/mol. The van der Waals surface area contributed by atoms with E-state index in [0.717, 1.165) is 6.42 Å². The van der Waals surface area contributed by atoms with Crippen LogP contribution in [0.2, 0.25) is 0 Å². The summed E-state index contributed by atoms with van der Waals surface area (Å²) < 4.78 is 5.76. The average molecular weight is 155 g/mol. The molecule has 0 spiro atoms. The van der Waals surface area contributed by atoms with Gasteiger partial charge in [-0.05, 0) is 26.2 Å². The van der Waals surface area contributed by atoms with Gasteiger partial charge in [0.2, 0.25) is 0 Å². The van der Waals surface area contributed by atoms with E-state index in [-0.39, 0.29) is 0 Å². The van der Waals surface area contributed by atoms with Gasteiger partial charge in [-0.15, -0.1) is 0 Å². The van der Waals surface area contributed by atoms with Gasteiger partial charge < -0.3 is 4.74 Å². The Labute approximate surface area is 70.1 Å². The smallest absolute Gasteiger partial charge is 0.0941 e. The van der Waals surface area contributed by atoms with Gasteiger partial charge in [0.25, 0.3) is 0 Å². The van der Waals surface area contributed by atoms with Gasteiger partial charge in [-0.3, -0.25) is 0 Å². The van der Waals surface area contributed by atoms with Crippen molar-refractivity contribution >= 4 is 0 Å². The van der Waals surface area contributed by atoms with Gasteiger partial charge in [-0.2, -0.15) is 0 Å². The molecule has 1 fully saturated rings. The standard InChI is InChI=1S/C10H19O/c1-3-9(2)11-10-7-5-4-6-8-10/h10H,3-8H2,1-2H3. The SMILES string of the molecule is CC[C](C)OC1CCCCC1. The molecule has 0 aromatic carbocycles. The normalized spacial score (nSPS) is 21.0. The molecule has 0 unspecified atom stereocenters. The molecule has 1 aliphatic carbocycles. The van der Waals surface area contributed by atoms with E-state index in [9.17, 15) is 0 Å². The lowest BCUT2D eigenvalue weighted by Gasteiger charge is -2.24. The second kappa shape index (κ2) is 4.76. The van der Waals surface area contributed by atoms with Crippen molar-refractivity contribution in [3.05, 3.63) is 6.10 Å². The number of ether oxygens (including phenoxy) is 1. The van der Waals surface area contributed by atoms with Crippen molar-refractivity contribution in [1.82, 2.24) is 0 Å². The zero-order valence-corrected chi connectivity index (χ0v) is 7.73. The molecule has 1 rings (SSSR count). The van der Waals surface area contributed by atoms with Crippen LogP contribution in [0.25, 0.3) is 0 Å². The summed E-state index contributed by atoms with van der Waals surface area (Å²) in [6.45, 7) is 4.24. The first kappa shape index (κ1) is 9.05. The third-order valence-electron chi connectivity index (χ3n) is 2.42. The summed E-state index contributed by atoms with van der Waals surface area (Å²) in [7, 11) is 0. The van der Waals surface area contributed by atoms with E-state index in [2.05, 4.69) is 13.8 Å². The predicted octanol–water partition coefficient (Wildman–Crippen LogP) is 3.30. The van der Waals surface area contributed by atoms with E-state index < -0.39 is 0 Å². The van der Waals surface area contributed by atoms with E-state index in [1.165, 1.54) is 38.2 Å². The number of rotatable bonds is 3. The highest BCUT2D eigenvalue weighted by atomic mass is 16.5. The zero-order valence-electron chi connectivity index (χ0n) is 7.73. The summed E-state index contributed by atoms with van der Waals surface area (Å²) in [4.78, 5) is 0. The van der Waals surface area contributed by atoms with Crippen LogP contribution >= 0.6 is 0 Å². The average Bonchev–Trinajstić information content (AvgIpc) is 2.06. The topological polar surface area (TPSA) is 9.23 Å². The molecular weight excluding hydrogens is 136 g/mol. The van der Waals surface area contributed by atoms with Crippen LogP contribution in [0.5, 0.6) is 0 Å². The molecule has 11 heavy (non-hydrogen) atoms. The molecule has 0 N–H and O–H groups in total. The van der Waals surface area contributed by atoms with Gasteiger partial charge in [-0.1, -0.05) is 26.2 Å². The van der Waals surface area contributed by atoms with Crippen LogP contribution in [0, 0.1) is 6.10 Å². The largest absolute Gasteiger partial charge is 0.369 e. The maximum Gasteiger partial charge on any atom is 0.0941 e. The molecule has 1 nitrogen and oxygen atoms in total. The molecule has 0 bridgehead atoms. The predicted molar refractivity (Wildman–Crippen MR) is 47.2 cm³/mol. The highest BCUT2D eigenvalue weighted by molar-refractivity contribution is 4.74. The Kier molecular flexibility index (Phi) is 3.92. The molecule has 0 aliphatic heterocycles. The van der Waals surface area contributed by atoms with Crippen molar-refractivity contribution in [2.45, 2.75) is 58.5 Å². The Bertz CT molecular complexity index is 95.0. The van der Waals surface area contributed by atoms with Gasteiger partial charge >= 0.3 is 0 Å². The van der Waals surface area contributed by atoms with Gasteiger partial charge in [0.05, 0.1) is 12.2 Å². The molecular formula is C10H19O. The molecule has 0 amide bonds. The number of hydrogen-bond acceptors (Lipinski definition) is 1. The van der Waals surface area contributed by atoms with Gasteiger partial charge in [-0.25, -0.2) is 0 Å². The third kappa shape index (κ3) is 3.24. The third-order valence-corrected chi connectivity index (χ3v) is 2.42. The van der Waals surface area contributed by atoms with E-state index in [1.54, 1.807) is 0 Å². The molecule has 0 heterocycles. The lowest BCUT2D eigenvalue weighted by molar-refractivity contribution is 0.0374. The molecule has 0 aromatic heterocycles. The summed E-state index contributed by atoms with van der Waals surface area (Å²) in [6, 6.07) is 0. The van der Waals surface area contributed by atoms with Crippen molar-refractivity contribution in [3.8, 4) is 0 Å². The van der Waals surface area contributed by atoms with Crippen molar-refractivity contribution in [2.24, 2.45) is 0 Å². The lowest BCUT2D eigenvalue weighted by atomic mass is 9.97. The highest BCUT2D eigenvalue weighted by Gasteiger charge is 2.15. The summed E-state index contributed by atoms with van der Waals surface area (Å²) in [5.74, 6) is 0. The first-order chi connectivity index (χ1) is 5.33. The van der Waals surface area contributed by atoms with E-state index in [4.69, 9.17) is 4.74 Å². The summed E-state index contributed by atoms with van der Waals surface area (Å²) in [5.41, 5.74) is 0. The Balaban J connectivity index is 2.13. The molecule has 0 atom stereocenters. The van der Waals surface area contributed by atoms with Crippen molar-refractivity contribution in [3.63, 3.8) is 0 Å². The van der Waals surface area contributed by atoms with Crippen LogP contribution in [0.1, 0.15) is 52.4 Å². The Hall–Kier alpha value is -0.0400. The van der Waals surface area contributed by atoms with Crippen LogP contribution < -0.4 is 0 Å². The first-order valence-electron chi connectivity index (χ1n) is 4.82. The minimum absolute atomic E-state index is 0.545. The highest BCUT2D eigenvalue weighted by Crippen LogP contribution is 2.23. The van der Waals surface area contributed by atoms with E-state index >= 15 is 0 Å². The first-order valence-corrected chi connectivity index (χ1v) is 4.82. The van der Waals surface area contributed by atoms with E-state index in [0.29, 0.717) is 6.10 Å². The van der Waals surface area contributed by atoms with Crippen LogP contribution in [-0.2, 0) is 4.74 Å². The Morgan fingerprint density at radius 2 is 1.91 bits per heavy atom. The van der Waals surface area contributed by atoms with Gasteiger partial charge in [0.15, 0.2) is 0 Å². The molecule has 0 aromatic rings. The second-order valence-electron chi connectivity index (χ2n) is 3.43. The fraction of sp³-hybridized carbons (Fsp3) is 0.900. The zero-order chi connectivity index (χ0) is 8.10. The fourth-order valence-corrected chi connectivity index (χ4v) is 1.55. The molecule has 0 saturated heterocycles.